The molecule has 3 heteroatoms. The molecule has 0 heterocycles. The summed E-state index contributed by atoms with van der Waals surface area (Å²) in [6.07, 6.45) is 6.54. The lowest BCUT2D eigenvalue weighted by molar-refractivity contribution is -0.166. The molecule has 3 unspecified atom stereocenters. The van der Waals surface area contributed by atoms with Gasteiger partial charge in [-0.1, -0.05) is 26.3 Å². The van der Waals surface area contributed by atoms with Gasteiger partial charge in [0.25, 0.3) is 0 Å². The average Bonchev–Trinajstić information content (AvgIpc) is 3.04. The molecule has 0 aliphatic heterocycles. The molecule has 0 bridgehead atoms. The normalized spacial score (nSPS) is 49.2. The molecular weight excluding hydrogens is 324 g/mol. The van der Waals surface area contributed by atoms with Gasteiger partial charge in [-0.2, -0.15) is 0 Å². The molecular formula is C23H32O3. The second-order valence-electron chi connectivity index (χ2n) is 9.85. The number of aliphatic hydroxyl groups is 2. The van der Waals surface area contributed by atoms with Gasteiger partial charge in [-0.05, 0) is 91.4 Å². The molecule has 3 N–H and O–H groups in total. The zero-order valence-corrected chi connectivity index (χ0v) is 16.0. The fraction of sp³-hybridized carbons (Fsp3) is 0.739. The number of benzene rings is 1. The lowest BCUT2D eigenvalue weighted by Gasteiger charge is -2.56. The van der Waals surface area contributed by atoms with Crippen LogP contribution in [0.4, 0.5) is 0 Å². The van der Waals surface area contributed by atoms with Gasteiger partial charge in [-0.25, -0.2) is 0 Å². The van der Waals surface area contributed by atoms with E-state index in [4.69, 9.17) is 0 Å². The molecule has 4 aliphatic carbocycles. The number of hydrogen-bond donors (Lipinski definition) is 3. The highest BCUT2D eigenvalue weighted by Crippen LogP contribution is 2.70. The van der Waals surface area contributed by atoms with E-state index in [1.54, 1.807) is 0 Å². The second kappa shape index (κ2) is 5.48. The Bertz CT molecular complexity index is 730. The van der Waals surface area contributed by atoms with Crippen LogP contribution in [0.3, 0.4) is 0 Å². The van der Waals surface area contributed by atoms with Crippen molar-refractivity contribution in [3.8, 4) is 5.75 Å². The first-order valence-electron chi connectivity index (χ1n) is 10.6. The summed E-state index contributed by atoms with van der Waals surface area (Å²) < 4.78 is 0. The first-order valence-corrected chi connectivity index (χ1v) is 10.6. The number of phenolic OH excluding ortho intramolecular Hbond substituents is 1. The van der Waals surface area contributed by atoms with Crippen LogP contribution in [0.2, 0.25) is 0 Å². The minimum atomic E-state index is -0.879. The van der Waals surface area contributed by atoms with Crippen molar-refractivity contribution in [1.29, 1.82) is 0 Å². The third-order valence-corrected chi connectivity index (χ3v) is 9.17. The number of aromatic hydroxyl groups is 1. The lowest BCUT2D eigenvalue weighted by Crippen LogP contribution is -2.57. The van der Waals surface area contributed by atoms with Gasteiger partial charge in [-0.15, -0.1) is 0 Å². The first kappa shape index (κ1) is 17.1. The molecule has 0 radical (unpaired) electrons. The van der Waals surface area contributed by atoms with Crippen LogP contribution in [0.5, 0.6) is 5.75 Å². The van der Waals surface area contributed by atoms with Crippen LogP contribution >= 0.6 is 0 Å². The maximum absolute atomic E-state index is 11.7. The van der Waals surface area contributed by atoms with Crippen LogP contribution in [0.25, 0.3) is 0 Å². The van der Waals surface area contributed by atoms with E-state index in [9.17, 15) is 15.3 Å². The van der Waals surface area contributed by atoms with Crippen molar-refractivity contribution < 1.29 is 15.3 Å². The minimum Gasteiger partial charge on any atom is -0.508 e. The van der Waals surface area contributed by atoms with Crippen molar-refractivity contribution in [2.45, 2.75) is 76.4 Å². The van der Waals surface area contributed by atoms with Crippen molar-refractivity contribution in [3.63, 3.8) is 0 Å². The van der Waals surface area contributed by atoms with Gasteiger partial charge in [0, 0.05) is 5.41 Å². The fourth-order valence-electron chi connectivity index (χ4n) is 7.96. The summed E-state index contributed by atoms with van der Waals surface area (Å²) in [7, 11) is 0. The third-order valence-electron chi connectivity index (χ3n) is 9.17. The number of phenols is 1. The minimum absolute atomic E-state index is 0.156. The molecule has 5 rings (SSSR count). The van der Waals surface area contributed by atoms with E-state index in [1.807, 2.05) is 12.1 Å². The number of aliphatic hydroxyl groups excluding tert-OH is 1. The van der Waals surface area contributed by atoms with E-state index in [0.29, 0.717) is 29.4 Å². The van der Waals surface area contributed by atoms with Crippen molar-refractivity contribution in [2.24, 2.45) is 29.1 Å². The molecule has 0 spiro atoms. The summed E-state index contributed by atoms with van der Waals surface area (Å²) in [5.41, 5.74) is 1.73. The molecule has 0 saturated heterocycles. The Hall–Kier alpha value is -1.06. The van der Waals surface area contributed by atoms with Gasteiger partial charge in [0.15, 0.2) is 0 Å². The Morgan fingerprint density at radius 1 is 1.19 bits per heavy atom. The Labute approximate surface area is 156 Å². The van der Waals surface area contributed by atoms with Gasteiger partial charge in [-0.3, -0.25) is 0 Å². The molecule has 1 aromatic rings. The molecule has 0 aromatic heterocycles. The van der Waals surface area contributed by atoms with Crippen molar-refractivity contribution in [1.82, 2.24) is 0 Å². The van der Waals surface area contributed by atoms with Crippen LogP contribution in [0.1, 0.15) is 69.4 Å². The molecule has 3 fully saturated rings. The topological polar surface area (TPSA) is 60.7 Å². The zero-order valence-electron chi connectivity index (χ0n) is 16.0. The standard InChI is InChI=1S/C23H32O3/c1-3-13-10-14-11-16(24)5-6-17(14)18-8-9-22(2)19(21(13)18)12-15-4-7-20(25)23(15,22)26/h5-6,11,13,15,18-21,24-26H,3-4,7-10,12H2,1-2H3/t13-,15-,18?,19?,20+,21?,22+,23-/m1/s1. The molecule has 4 aliphatic rings. The van der Waals surface area contributed by atoms with Crippen LogP contribution in [-0.2, 0) is 6.42 Å². The van der Waals surface area contributed by atoms with E-state index in [-0.39, 0.29) is 11.3 Å². The van der Waals surface area contributed by atoms with Gasteiger partial charge in [0.1, 0.15) is 5.75 Å². The van der Waals surface area contributed by atoms with Gasteiger partial charge in [0.05, 0.1) is 11.7 Å². The molecule has 1 aromatic carbocycles. The second-order valence-corrected chi connectivity index (χ2v) is 9.85. The highest BCUT2D eigenvalue weighted by atomic mass is 16.3. The smallest absolute Gasteiger partial charge is 0.115 e. The highest BCUT2D eigenvalue weighted by Gasteiger charge is 2.70. The molecule has 142 valence electrons. The molecule has 26 heavy (non-hydrogen) atoms. The fourth-order valence-corrected chi connectivity index (χ4v) is 7.96. The predicted octanol–water partition coefficient (Wildman–Crippen LogP) is 4.00. The van der Waals surface area contributed by atoms with Gasteiger partial charge < -0.3 is 15.3 Å². The largest absolute Gasteiger partial charge is 0.508 e. The Kier molecular flexibility index (Phi) is 3.60. The SMILES string of the molecule is CC[C@@H]1Cc2cc(O)ccc2C2CC[C@@]3(C)C(C[C@H]4CC[C@H](O)[C@]43O)C21. The summed E-state index contributed by atoms with van der Waals surface area (Å²) in [5.74, 6) is 2.90. The van der Waals surface area contributed by atoms with Crippen molar-refractivity contribution in [3.05, 3.63) is 29.3 Å². The third kappa shape index (κ3) is 1.91. The van der Waals surface area contributed by atoms with E-state index < -0.39 is 11.7 Å². The van der Waals surface area contributed by atoms with Gasteiger partial charge in [0.2, 0.25) is 0 Å². The lowest BCUT2D eigenvalue weighted by atomic mass is 9.50. The monoisotopic (exact) mass is 356 g/mol. The number of fused-ring (bicyclic) bond motifs is 7. The summed E-state index contributed by atoms with van der Waals surface area (Å²) in [6.45, 7) is 4.57. The van der Waals surface area contributed by atoms with Gasteiger partial charge >= 0.3 is 0 Å². The Morgan fingerprint density at radius 2 is 2.00 bits per heavy atom. The maximum Gasteiger partial charge on any atom is 0.115 e. The molecule has 3 saturated carbocycles. The van der Waals surface area contributed by atoms with E-state index >= 15 is 0 Å². The first-order chi connectivity index (χ1) is 12.4. The Morgan fingerprint density at radius 3 is 2.77 bits per heavy atom. The van der Waals surface area contributed by atoms with Crippen LogP contribution < -0.4 is 0 Å². The number of hydrogen-bond acceptors (Lipinski definition) is 3. The predicted molar refractivity (Wildman–Crippen MR) is 101 cm³/mol. The van der Waals surface area contributed by atoms with E-state index in [2.05, 4.69) is 19.9 Å². The maximum atomic E-state index is 11.7. The summed E-state index contributed by atoms with van der Waals surface area (Å²) >= 11 is 0. The van der Waals surface area contributed by atoms with Crippen molar-refractivity contribution >= 4 is 0 Å². The molecule has 0 amide bonds. The van der Waals surface area contributed by atoms with E-state index in [1.165, 1.54) is 11.1 Å². The van der Waals surface area contributed by atoms with Crippen molar-refractivity contribution in [2.75, 3.05) is 0 Å². The highest BCUT2D eigenvalue weighted by molar-refractivity contribution is 5.41. The van der Waals surface area contributed by atoms with Crippen LogP contribution in [0, 0.1) is 29.1 Å². The average molecular weight is 357 g/mol. The Balaban J connectivity index is 1.59. The summed E-state index contributed by atoms with van der Waals surface area (Å²) in [4.78, 5) is 0. The molecule has 8 atom stereocenters. The summed E-state index contributed by atoms with van der Waals surface area (Å²) in [6, 6.07) is 5.97. The summed E-state index contributed by atoms with van der Waals surface area (Å²) in [5, 5.41) is 32.3. The zero-order chi connectivity index (χ0) is 18.3. The number of rotatable bonds is 1. The van der Waals surface area contributed by atoms with E-state index in [0.717, 1.165) is 44.9 Å². The van der Waals surface area contributed by atoms with Crippen LogP contribution in [-0.4, -0.2) is 27.0 Å². The van der Waals surface area contributed by atoms with Crippen LogP contribution in [0.15, 0.2) is 18.2 Å². The molecule has 3 nitrogen and oxygen atoms in total. The quantitative estimate of drug-likeness (QED) is 0.713.